The van der Waals surface area contributed by atoms with Gasteiger partial charge in [-0.05, 0) is 61.0 Å². The van der Waals surface area contributed by atoms with Crippen LogP contribution in [0.2, 0.25) is 0 Å². The number of esters is 2. The predicted molar refractivity (Wildman–Crippen MR) is 148 cm³/mol. The van der Waals surface area contributed by atoms with E-state index in [9.17, 15) is 24.0 Å². The van der Waals surface area contributed by atoms with E-state index >= 15 is 0 Å². The zero-order valence-electron chi connectivity index (χ0n) is 21.5. The fraction of sp³-hybridized carbons (Fsp3) is 0.138. The van der Waals surface area contributed by atoms with Gasteiger partial charge >= 0.3 is 11.9 Å². The summed E-state index contributed by atoms with van der Waals surface area (Å²) in [5, 5.41) is 5.18. The smallest absolute Gasteiger partial charge is 0.338 e. The van der Waals surface area contributed by atoms with Crippen LogP contribution in [0, 0.1) is 0 Å². The first kappa shape index (κ1) is 28.1. The van der Waals surface area contributed by atoms with E-state index in [0.29, 0.717) is 17.8 Å². The van der Waals surface area contributed by atoms with E-state index in [1.54, 1.807) is 36.4 Å². The fourth-order valence-corrected chi connectivity index (χ4v) is 4.04. The number of ether oxygens (including phenoxy) is 2. The Morgan fingerprint density at radius 2 is 1.45 bits per heavy atom. The lowest BCUT2D eigenvalue weighted by atomic mass is 10.1. The molecule has 40 heavy (non-hydrogen) atoms. The summed E-state index contributed by atoms with van der Waals surface area (Å²) in [6, 6.07) is 18.4. The number of nitrogens with zero attached hydrogens (tertiary/aromatic N) is 1. The van der Waals surface area contributed by atoms with Gasteiger partial charge in [0.2, 0.25) is 0 Å². The standard InChI is InChI=1S/C29H24ClN3O7/c1-3-13-40-29(38)19-9-6-12-22(16-19)33-26(35)23(30)24(27(33)36)31-20-10-4-7-17(14-20)25(34)32-21-11-5-8-18(15-21)28(37)39-2/h4-12,14-16,31H,3,13H2,1-2H3,(H,32,34). The minimum absolute atomic E-state index is 0.151. The van der Waals surface area contributed by atoms with Gasteiger partial charge in [-0.15, -0.1) is 0 Å². The van der Waals surface area contributed by atoms with Crippen LogP contribution in [0.25, 0.3) is 0 Å². The van der Waals surface area contributed by atoms with Crippen molar-refractivity contribution in [2.24, 2.45) is 0 Å². The van der Waals surface area contributed by atoms with Gasteiger partial charge in [0, 0.05) is 16.9 Å². The highest BCUT2D eigenvalue weighted by atomic mass is 35.5. The molecular formula is C29H24ClN3O7. The number of methoxy groups -OCH3 is 1. The van der Waals surface area contributed by atoms with Gasteiger partial charge < -0.3 is 20.1 Å². The summed E-state index contributed by atoms with van der Waals surface area (Å²) in [5.74, 6) is -3.10. The maximum absolute atomic E-state index is 13.2. The summed E-state index contributed by atoms with van der Waals surface area (Å²) >= 11 is 6.25. The molecule has 10 nitrogen and oxygen atoms in total. The molecule has 204 valence electrons. The van der Waals surface area contributed by atoms with Gasteiger partial charge in [-0.3, -0.25) is 14.4 Å². The molecule has 3 aromatic rings. The van der Waals surface area contributed by atoms with Crippen LogP contribution in [-0.4, -0.2) is 43.4 Å². The summed E-state index contributed by atoms with van der Waals surface area (Å²) in [7, 11) is 1.26. The molecule has 3 amide bonds. The molecule has 0 aromatic heterocycles. The molecule has 0 bridgehead atoms. The predicted octanol–water partition coefficient (Wildman–Crippen LogP) is 4.73. The Kier molecular flexibility index (Phi) is 8.60. The summed E-state index contributed by atoms with van der Waals surface area (Å²) in [4.78, 5) is 63.9. The SMILES string of the molecule is CCCOC(=O)c1cccc(N2C(=O)C(Cl)=C(Nc3cccc(C(=O)Nc4cccc(C(=O)OC)c4)c3)C2=O)c1. The maximum atomic E-state index is 13.2. The second-order valence-electron chi connectivity index (χ2n) is 8.55. The van der Waals surface area contributed by atoms with Crippen LogP contribution in [0.5, 0.6) is 0 Å². The lowest BCUT2D eigenvalue weighted by molar-refractivity contribution is -0.120. The first-order valence-electron chi connectivity index (χ1n) is 12.2. The maximum Gasteiger partial charge on any atom is 0.338 e. The molecule has 0 saturated carbocycles. The van der Waals surface area contributed by atoms with Crippen molar-refractivity contribution in [3.8, 4) is 0 Å². The van der Waals surface area contributed by atoms with Crippen LogP contribution >= 0.6 is 11.6 Å². The van der Waals surface area contributed by atoms with Crippen molar-refractivity contribution in [2.75, 3.05) is 29.3 Å². The third-order valence-corrected chi connectivity index (χ3v) is 6.09. The second-order valence-corrected chi connectivity index (χ2v) is 8.93. The number of carbonyl (C=O) groups excluding carboxylic acids is 5. The quantitative estimate of drug-likeness (QED) is 0.283. The van der Waals surface area contributed by atoms with Crippen LogP contribution in [0.4, 0.5) is 17.1 Å². The molecule has 0 atom stereocenters. The van der Waals surface area contributed by atoms with Gasteiger partial charge in [0.15, 0.2) is 0 Å². The Bertz CT molecular complexity index is 1550. The second kappa shape index (κ2) is 12.3. The van der Waals surface area contributed by atoms with Crippen LogP contribution in [0.15, 0.2) is 83.5 Å². The zero-order valence-corrected chi connectivity index (χ0v) is 22.3. The van der Waals surface area contributed by atoms with Crippen molar-refractivity contribution in [1.29, 1.82) is 0 Å². The fourth-order valence-electron chi connectivity index (χ4n) is 3.82. The number of rotatable bonds is 9. The summed E-state index contributed by atoms with van der Waals surface area (Å²) in [6.07, 6.45) is 0.647. The number of anilines is 3. The van der Waals surface area contributed by atoms with E-state index in [1.165, 1.54) is 43.5 Å². The number of imide groups is 1. The van der Waals surface area contributed by atoms with E-state index in [-0.39, 0.29) is 39.7 Å². The van der Waals surface area contributed by atoms with Gasteiger partial charge in [-0.1, -0.05) is 36.7 Å². The molecule has 0 spiro atoms. The summed E-state index contributed by atoms with van der Waals surface area (Å²) in [6.45, 7) is 2.10. The van der Waals surface area contributed by atoms with Crippen LogP contribution in [-0.2, 0) is 19.1 Å². The minimum Gasteiger partial charge on any atom is -0.465 e. The largest absolute Gasteiger partial charge is 0.465 e. The number of halogens is 1. The molecule has 0 radical (unpaired) electrons. The minimum atomic E-state index is -0.771. The molecule has 1 aliphatic rings. The Labute approximate surface area is 234 Å². The average molecular weight is 562 g/mol. The summed E-state index contributed by atoms with van der Waals surface area (Å²) < 4.78 is 9.83. The first-order chi connectivity index (χ1) is 19.2. The highest BCUT2D eigenvalue weighted by Gasteiger charge is 2.39. The van der Waals surface area contributed by atoms with Gasteiger partial charge in [-0.25, -0.2) is 14.5 Å². The van der Waals surface area contributed by atoms with Crippen LogP contribution in [0.3, 0.4) is 0 Å². The van der Waals surface area contributed by atoms with E-state index in [4.69, 9.17) is 21.1 Å². The van der Waals surface area contributed by atoms with Gasteiger partial charge in [0.05, 0.1) is 30.5 Å². The van der Waals surface area contributed by atoms with Crippen molar-refractivity contribution in [2.45, 2.75) is 13.3 Å². The number of benzene rings is 3. The van der Waals surface area contributed by atoms with Gasteiger partial charge in [0.25, 0.3) is 17.7 Å². The van der Waals surface area contributed by atoms with E-state index in [2.05, 4.69) is 10.6 Å². The molecule has 1 aliphatic heterocycles. The lowest BCUT2D eigenvalue weighted by Crippen LogP contribution is -2.32. The number of carbonyl (C=O) groups is 5. The third kappa shape index (κ3) is 6.02. The molecule has 0 saturated heterocycles. The van der Waals surface area contributed by atoms with Crippen LogP contribution in [0.1, 0.15) is 44.4 Å². The summed E-state index contributed by atoms with van der Waals surface area (Å²) in [5.41, 5.74) is 1.35. The van der Waals surface area contributed by atoms with Crippen LogP contribution < -0.4 is 15.5 Å². The zero-order chi connectivity index (χ0) is 28.8. The van der Waals surface area contributed by atoms with Crippen molar-refractivity contribution in [3.63, 3.8) is 0 Å². The number of hydrogen-bond acceptors (Lipinski definition) is 8. The number of hydrogen-bond donors (Lipinski definition) is 2. The van der Waals surface area contributed by atoms with Gasteiger partial charge in [-0.2, -0.15) is 0 Å². The van der Waals surface area contributed by atoms with Crippen molar-refractivity contribution >= 4 is 58.3 Å². The molecule has 2 N–H and O–H groups in total. The van der Waals surface area contributed by atoms with E-state index in [0.717, 1.165) is 4.90 Å². The first-order valence-corrected chi connectivity index (χ1v) is 12.5. The molecule has 0 fully saturated rings. The normalized spacial score (nSPS) is 12.8. The Hall–Kier alpha value is -4.96. The molecule has 0 unspecified atom stereocenters. The molecule has 3 aromatic carbocycles. The molecular weight excluding hydrogens is 538 g/mol. The number of nitrogens with one attached hydrogen (secondary N) is 2. The van der Waals surface area contributed by atoms with E-state index < -0.39 is 29.7 Å². The molecule has 1 heterocycles. The topological polar surface area (TPSA) is 131 Å². The number of amides is 3. The van der Waals surface area contributed by atoms with Crippen molar-refractivity contribution in [1.82, 2.24) is 0 Å². The monoisotopic (exact) mass is 561 g/mol. The lowest BCUT2D eigenvalue weighted by Gasteiger charge is -2.16. The highest BCUT2D eigenvalue weighted by Crippen LogP contribution is 2.31. The average Bonchev–Trinajstić information content (AvgIpc) is 3.18. The Morgan fingerprint density at radius 1 is 0.825 bits per heavy atom. The molecule has 11 heteroatoms. The highest BCUT2D eigenvalue weighted by molar-refractivity contribution is 6.53. The molecule has 0 aliphatic carbocycles. The van der Waals surface area contributed by atoms with Gasteiger partial charge in [0.1, 0.15) is 10.7 Å². The Balaban J connectivity index is 1.51. The van der Waals surface area contributed by atoms with Crippen molar-refractivity contribution in [3.05, 3.63) is 100 Å². The van der Waals surface area contributed by atoms with E-state index in [1.807, 2.05) is 6.92 Å². The third-order valence-electron chi connectivity index (χ3n) is 5.74. The van der Waals surface area contributed by atoms with Crippen molar-refractivity contribution < 1.29 is 33.4 Å². The molecule has 4 rings (SSSR count). The Morgan fingerprint density at radius 3 is 2.15 bits per heavy atom.